The van der Waals surface area contributed by atoms with Gasteiger partial charge in [0, 0.05) is 16.8 Å². The number of para-hydroxylation sites is 1. The molecule has 0 saturated carbocycles. The van der Waals surface area contributed by atoms with E-state index >= 15 is 0 Å². The molecule has 0 atom stereocenters. The number of nitrogens with one attached hydrogen (secondary N) is 2. The van der Waals surface area contributed by atoms with Crippen molar-refractivity contribution < 1.29 is 17.9 Å². The Balaban J connectivity index is 1.50. The van der Waals surface area contributed by atoms with Gasteiger partial charge in [0.2, 0.25) is 0 Å². The minimum Gasteiger partial charge on any atom is -0.497 e. The normalized spacial score (nSPS) is 11.2. The van der Waals surface area contributed by atoms with Gasteiger partial charge in [0.1, 0.15) is 5.75 Å². The number of aromatic nitrogens is 2. The van der Waals surface area contributed by atoms with Crippen molar-refractivity contribution >= 4 is 38.1 Å². The number of fused-ring (bicyclic) bond motifs is 1. The Morgan fingerprint density at radius 2 is 1.49 bits per heavy atom. The van der Waals surface area contributed by atoms with Gasteiger partial charge >= 0.3 is 0 Å². The zero-order valence-corrected chi connectivity index (χ0v) is 21.9. The van der Waals surface area contributed by atoms with Crippen molar-refractivity contribution in [3.63, 3.8) is 0 Å². The number of nitrogens with zero attached hydrogens (tertiary/aromatic N) is 2. The van der Waals surface area contributed by atoms with E-state index < -0.39 is 15.9 Å². The summed E-state index contributed by atoms with van der Waals surface area (Å²) in [5, 5.41) is 7.83. The van der Waals surface area contributed by atoms with E-state index in [0.29, 0.717) is 33.5 Å². The van der Waals surface area contributed by atoms with Crippen LogP contribution in [0.15, 0.2) is 107 Å². The zero-order valence-electron chi connectivity index (χ0n) is 21.1. The Labute approximate surface area is 224 Å². The lowest BCUT2D eigenvalue weighted by Crippen LogP contribution is -2.26. The highest BCUT2D eigenvalue weighted by Gasteiger charge is 2.21. The van der Waals surface area contributed by atoms with Gasteiger partial charge in [0.15, 0.2) is 5.69 Å². The molecule has 10 heteroatoms. The molecule has 196 valence electrons. The smallest absolute Gasteiger partial charge is 0.279 e. The van der Waals surface area contributed by atoms with Gasteiger partial charge in [-0.25, -0.2) is 8.42 Å². The first-order valence-electron chi connectivity index (χ1n) is 11.9. The Kier molecular flexibility index (Phi) is 6.86. The molecule has 9 nitrogen and oxygen atoms in total. The van der Waals surface area contributed by atoms with Crippen LogP contribution in [0.2, 0.25) is 0 Å². The fraction of sp³-hybridized carbons (Fsp3) is 0.0690. The number of rotatable bonds is 7. The molecule has 0 fully saturated rings. The quantitative estimate of drug-likeness (QED) is 0.307. The van der Waals surface area contributed by atoms with Gasteiger partial charge in [0.05, 0.1) is 23.1 Å². The predicted molar refractivity (Wildman–Crippen MR) is 150 cm³/mol. The third-order valence-electron chi connectivity index (χ3n) is 6.10. The highest BCUT2D eigenvalue weighted by Crippen LogP contribution is 2.25. The van der Waals surface area contributed by atoms with E-state index in [4.69, 9.17) is 4.74 Å². The molecule has 0 bridgehead atoms. The SMILES string of the molecule is COc1ccc(NS(=O)(=O)c2cc(NC(=O)c3nn(-c4ccccc4)c(=O)c4ccccc34)ccc2C)cc1. The number of methoxy groups -OCH3 is 1. The molecule has 0 radical (unpaired) electrons. The van der Waals surface area contributed by atoms with Gasteiger partial charge in [-0.05, 0) is 67.1 Å². The van der Waals surface area contributed by atoms with Crippen molar-refractivity contribution in [2.24, 2.45) is 0 Å². The van der Waals surface area contributed by atoms with Crippen LogP contribution >= 0.6 is 0 Å². The van der Waals surface area contributed by atoms with E-state index in [1.807, 2.05) is 6.07 Å². The van der Waals surface area contributed by atoms with Gasteiger partial charge in [0.25, 0.3) is 21.5 Å². The van der Waals surface area contributed by atoms with E-state index in [9.17, 15) is 18.0 Å². The number of hydrogen-bond donors (Lipinski definition) is 2. The van der Waals surface area contributed by atoms with Gasteiger partial charge in [-0.2, -0.15) is 9.78 Å². The number of hydrogen-bond acceptors (Lipinski definition) is 6. The molecular weight excluding hydrogens is 516 g/mol. The molecule has 0 aliphatic heterocycles. The molecule has 0 spiro atoms. The highest BCUT2D eigenvalue weighted by molar-refractivity contribution is 7.92. The molecule has 5 aromatic rings. The van der Waals surface area contributed by atoms with Crippen LogP contribution in [0.1, 0.15) is 16.1 Å². The number of carbonyl (C=O) groups excluding carboxylic acids is 1. The van der Waals surface area contributed by atoms with Gasteiger partial charge < -0.3 is 10.1 Å². The molecule has 5 rings (SSSR count). The van der Waals surface area contributed by atoms with Crippen LogP contribution in [-0.2, 0) is 10.0 Å². The third-order valence-corrected chi connectivity index (χ3v) is 7.62. The van der Waals surface area contributed by atoms with Gasteiger partial charge in [-0.1, -0.05) is 42.5 Å². The second kappa shape index (κ2) is 10.4. The molecule has 1 amide bonds. The molecule has 1 aromatic heterocycles. The summed E-state index contributed by atoms with van der Waals surface area (Å²) in [7, 11) is -2.45. The number of amides is 1. The summed E-state index contributed by atoms with van der Waals surface area (Å²) in [5.74, 6) is 0.00441. The lowest BCUT2D eigenvalue weighted by atomic mass is 10.1. The van der Waals surface area contributed by atoms with Crippen molar-refractivity contribution in [2.45, 2.75) is 11.8 Å². The Bertz CT molecular complexity index is 1850. The van der Waals surface area contributed by atoms with Crippen molar-refractivity contribution in [2.75, 3.05) is 17.1 Å². The monoisotopic (exact) mass is 540 g/mol. The Morgan fingerprint density at radius 3 is 2.18 bits per heavy atom. The van der Waals surface area contributed by atoms with Gasteiger partial charge in [-0.3, -0.25) is 14.3 Å². The number of aryl methyl sites for hydroxylation is 1. The molecule has 2 N–H and O–H groups in total. The minimum atomic E-state index is -3.97. The van der Waals surface area contributed by atoms with Crippen LogP contribution in [-0.4, -0.2) is 31.2 Å². The molecular formula is C29H24N4O5S. The summed E-state index contributed by atoms with van der Waals surface area (Å²) in [6.07, 6.45) is 0. The van der Waals surface area contributed by atoms with Crippen molar-refractivity contribution in [3.05, 3.63) is 119 Å². The lowest BCUT2D eigenvalue weighted by molar-refractivity contribution is 0.102. The van der Waals surface area contributed by atoms with Crippen LogP contribution in [0, 0.1) is 6.92 Å². The summed E-state index contributed by atoms with van der Waals surface area (Å²) in [5.41, 5.74) is 1.29. The molecule has 0 aliphatic carbocycles. The topological polar surface area (TPSA) is 119 Å². The fourth-order valence-electron chi connectivity index (χ4n) is 4.13. The number of sulfonamides is 1. The summed E-state index contributed by atoms with van der Waals surface area (Å²) >= 11 is 0. The fourth-order valence-corrected chi connectivity index (χ4v) is 5.46. The maximum Gasteiger partial charge on any atom is 0.279 e. The van der Waals surface area contributed by atoms with Crippen LogP contribution < -0.4 is 20.3 Å². The first-order valence-corrected chi connectivity index (χ1v) is 13.4. The molecule has 0 aliphatic rings. The Morgan fingerprint density at radius 1 is 0.846 bits per heavy atom. The second-order valence-electron chi connectivity index (χ2n) is 8.72. The first-order chi connectivity index (χ1) is 18.8. The summed E-state index contributed by atoms with van der Waals surface area (Å²) in [6, 6.07) is 26.6. The molecule has 4 aromatic carbocycles. The number of ether oxygens (including phenoxy) is 1. The molecule has 1 heterocycles. The second-order valence-corrected chi connectivity index (χ2v) is 10.4. The van der Waals surface area contributed by atoms with Crippen LogP contribution in [0.3, 0.4) is 0 Å². The minimum absolute atomic E-state index is 0.00295. The molecule has 0 saturated heterocycles. The van der Waals surface area contributed by atoms with E-state index in [2.05, 4.69) is 15.1 Å². The molecule has 39 heavy (non-hydrogen) atoms. The molecule has 0 unspecified atom stereocenters. The maximum absolute atomic E-state index is 13.5. The number of anilines is 2. The lowest BCUT2D eigenvalue weighted by Gasteiger charge is -2.14. The zero-order chi connectivity index (χ0) is 27.6. The highest BCUT2D eigenvalue weighted by atomic mass is 32.2. The third kappa shape index (κ3) is 5.23. The summed E-state index contributed by atoms with van der Waals surface area (Å²) < 4.78 is 35.2. The summed E-state index contributed by atoms with van der Waals surface area (Å²) in [6.45, 7) is 1.67. The first kappa shape index (κ1) is 25.7. The standard InChI is InChI=1S/C29H24N4O5S/c1-19-12-13-21(18-26(19)39(36,37)32-20-14-16-23(38-2)17-15-20)30-28(34)27-24-10-6-7-11-25(24)29(35)33(31-27)22-8-4-3-5-9-22/h3-18,32H,1-2H3,(H,30,34). The average Bonchev–Trinajstić information content (AvgIpc) is 2.95. The summed E-state index contributed by atoms with van der Waals surface area (Å²) in [4.78, 5) is 26.6. The van der Waals surface area contributed by atoms with E-state index in [0.717, 1.165) is 0 Å². The number of benzene rings is 4. The van der Waals surface area contributed by atoms with Crippen molar-refractivity contribution in [3.8, 4) is 11.4 Å². The van der Waals surface area contributed by atoms with Crippen molar-refractivity contribution in [1.82, 2.24) is 9.78 Å². The van der Waals surface area contributed by atoms with Crippen LogP contribution in [0.5, 0.6) is 5.75 Å². The van der Waals surface area contributed by atoms with Crippen LogP contribution in [0.25, 0.3) is 16.5 Å². The van der Waals surface area contributed by atoms with E-state index in [-0.39, 0.29) is 21.8 Å². The Hall–Kier alpha value is -4.96. The largest absolute Gasteiger partial charge is 0.497 e. The van der Waals surface area contributed by atoms with E-state index in [1.54, 1.807) is 91.9 Å². The van der Waals surface area contributed by atoms with E-state index in [1.165, 1.54) is 17.9 Å². The van der Waals surface area contributed by atoms with Crippen LogP contribution in [0.4, 0.5) is 11.4 Å². The van der Waals surface area contributed by atoms with Crippen molar-refractivity contribution in [1.29, 1.82) is 0 Å². The average molecular weight is 541 g/mol. The predicted octanol–water partition coefficient (Wildman–Crippen LogP) is 4.76. The van der Waals surface area contributed by atoms with Gasteiger partial charge in [-0.15, -0.1) is 0 Å². The maximum atomic E-state index is 13.5. The number of carbonyl (C=O) groups is 1.